The highest BCUT2D eigenvalue weighted by atomic mass is 16.5. The van der Waals surface area contributed by atoms with Crippen LogP contribution in [0.2, 0.25) is 0 Å². The van der Waals surface area contributed by atoms with Crippen molar-refractivity contribution in [1.29, 1.82) is 0 Å². The first-order valence-corrected chi connectivity index (χ1v) is 5.63. The van der Waals surface area contributed by atoms with Crippen LogP contribution in [0.4, 0.5) is 5.82 Å². The van der Waals surface area contributed by atoms with E-state index in [-0.39, 0.29) is 11.7 Å². The normalized spacial score (nSPS) is 20.9. The van der Waals surface area contributed by atoms with E-state index in [9.17, 15) is 4.79 Å². The summed E-state index contributed by atoms with van der Waals surface area (Å²) in [5.74, 6) is 0.939. The number of anilines is 1. The molecule has 0 spiro atoms. The van der Waals surface area contributed by atoms with Gasteiger partial charge in [0.1, 0.15) is 11.6 Å². The van der Waals surface area contributed by atoms with E-state index in [1.807, 2.05) is 0 Å². The summed E-state index contributed by atoms with van der Waals surface area (Å²) in [7, 11) is 0. The Bertz CT molecular complexity index is 422. The summed E-state index contributed by atoms with van der Waals surface area (Å²) in [4.78, 5) is 18.4. The molecule has 1 unspecified atom stereocenters. The molecular formula is C11H17N3O2. The van der Waals surface area contributed by atoms with E-state index in [0.717, 1.165) is 19.4 Å². The Kier molecular flexibility index (Phi) is 3.24. The lowest BCUT2D eigenvalue weighted by Gasteiger charge is -2.22. The summed E-state index contributed by atoms with van der Waals surface area (Å²) in [5, 5.41) is 0. The zero-order valence-electron chi connectivity index (χ0n) is 9.45. The predicted molar refractivity (Wildman–Crippen MR) is 61.3 cm³/mol. The molecule has 2 rings (SSSR count). The van der Waals surface area contributed by atoms with E-state index in [4.69, 9.17) is 10.5 Å². The van der Waals surface area contributed by atoms with Crippen LogP contribution in [0.25, 0.3) is 0 Å². The van der Waals surface area contributed by atoms with Crippen molar-refractivity contribution in [1.82, 2.24) is 9.97 Å². The number of nitrogens with zero attached hydrogens (tertiary/aromatic N) is 1. The minimum atomic E-state index is -0.154. The molecule has 16 heavy (non-hydrogen) atoms. The Morgan fingerprint density at radius 2 is 2.38 bits per heavy atom. The number of nitrogens with one attached hydrogen (secondary N) is 1. The molecule has 2 heterocycles. The highest BCUT2D eigenvalue weighted by molar-refractivity contribution is 5.36. The lowest BCUT2D eigenvalue weighted by atomic mass is 10.1. The molecule has 1 fully saturated rings. The molecule has 1 aliphatic rings. The second kappa shape index (κ2) is 4.65. The van der Waals surface area contributed by atoms with Gasteiger partial charge in [0, 0.05) is 13.0 Å². The smallest absolute Gasteiger partial charge is 0.255 e. The van der Waals surface area contributed by atoms with Crippen LogP contribution >= 0.6 is 0 Å². The highest BCUT2D eigenvalue weighted by Gasteiger charge is 2.16. The van der Waals surface area contributed by atoms with E-state index in [1.54, 1.807) is 6.92 Å². The molecule has 1 aliphatic heterocycles. The van der Waals surface area contributed by atoms with Gasteiger partial charge in [-0.15, -0.1) is 0 Å². The fourth-order valence-corrected chi connectivity index (χ4v) is 1.88. The topological polar surface area (TPSA) is 81.0 Å². The fourth-order valence-electron chi connectivity index (χ4n) is 1.88. The summed E-state index contributed by atoms with van der Waals surface area (Å²) in [5.41, 5.74) is 5.98. The van der Waals surface area contributed by atoms with Gasteiger partial charge in [-0.3, -0.25) is 4.79 Å². The zero-order valence-corrected chi connectivity index (χ0v) is 9.45. The third-order valence-corrected chi connectivity index (χ3v) is 2.93. The molecule has 1 aromatic rings. The third kappa shape index (κ3) is 2.41. The molecule has 1 atom stereocenters. The molecule has 0 amide bonds. The Hall–Kier alpha value is -1.36. The lowest BCUT2D eigenvalue weighted by Crippen LogP contribution is -2.25. The quantitative estimate of drug-likeness (QED) is 0.776. The molecule has 1 aromatic heterocycles. The molecule has 0 radical (unpaired) electrons. The number of nitrogens with two attached hydrogens (primary N) is 1. The summed E-state index contributed by atoms with van der Waals surface area (Å²) in [6.45, 7) is 2.47. The Balaban J connectivity index is 2.12. The lowest BCUT2D eigenvalue weighted by molar-refractivity contribution is 0.0156. The van der Waals surface area contributed by atoms with Gasteiger partial charge in [0.2, 0.25) is 0 Å². The van der Waals surface area contributed by atoms with Crippen LogP contribution in [-0.2, 0) is 11.2 Å². The predicted octanol–water partition coefficient (Wildman–Crippen LogP) is 0.772. The first kappa shape index (κ1) is 11.1. The first-order chi connectivity index (χ1) is 7.66. The fraction of sp³-hybridized carbons (Fsp3) is 0.636. The Morgan fingerprint density at radius 3 is 3.00 bits per heavy atom. The number of aromatic amines is 1. The van der Waals surface area contributed by atoms with E-state index >= 15 is 0 Å². The number of ether oxygens (including phenoxy) is 1. The van der Waals surface area contributed by atoms with Crippen molar-refractivity contribution in [2.24, 2.45) is 0 Å². The Labute approximate surface area is 94.0 Å². The van der Waals surface area contributed by atoms with Gasteiger partial charge in [0.05, 0.1) is 11.7 Å². The monoisotopic (exact) mass is 223 g/mol. The molecule has 0 aromatic carbocycles. The van der Waals surface area contributed by atoms with Crippen molar-refractivity contribution < 1.29 is 4.74 Å². The largest absolute Gasteiger partial charge is 0.383 e. The summed E-state index contributed by atoms with van der Waals surface area (Å²) >= 11 is 0. The van der Waals surface area contributed by atoms with Gasteiger partial charge in [-0.1, -0.05) is 0 Å². The molecule has 5 heteroatoms. The van der Waals surface area contributed by atoms with E-state index < -0.39 is 0 Å². The SMILES string of the molecule is Cc1c(N)nc(CC2CCCCO2)[nH]c1=O. The molecule has 0 saturated carbocycles. The molecule has 88 valence electrons. The van der Waals surface area contributed by atoms with Gasteiger partial charge in [0.25, 0.3) is 5.56 Å². The number of hydrogen-bond acceptors (Lipinski definition) is 4. The van der Waals surface area contributed by atoms with Crippen LogP contribution in [-0.4, -0.2) is 22.7 Å². The van der Waals surface area contributed by atoms with Crippen LogP contribution in [0, 0.1) is 6.92 Å². The van der Waals surface area contributed by atoms with Crippen LogP contribution in [0.15, 0.2) is 4.79 Å². The van der Waals surface area contributed by atoms with Gasteiger partial charge in [-0.25, -0.2) is 4.98 Å². The molecule has 0 bridgehead atoms. The molecule has 5 nitrogen and oxygen atoms in total. The molecule has 3 N–H and O–H groups in total. The molecule has 0 aliphatic carbocycles. The zero-order chi connectivity index (χ0) is 11.5. The van der Waals surface area contributed by atoms with Crippen molar-refractivity contribution in [3.8, 4) is 0 Å². The maximum atomic E-state index is 11.5. The first-order valence-electron chi connectivity index (χ1n) is 5.63. The van der Waals surface area contributed by atoms with Crippen molar-refractivity contribution in [2.45, 2.75) is 38.7 Å². The van der Waals surface area contributed by atoms with Crippen LogP contribution in [0.1, 0.15) is 30.7 Å². The number of hydrogen-bond donors (Lipinski definition) is 2. The number of H-pyrrole nitrogens is 1. The molecular weight excluding hydrogens is 206 g/mol. The maximum absolute atomic E-state index is 11.5. The van der Waals surface area contributed by atoms with Crippen LogP contribution < -0.4 is 11.3 Å². The summed E-state index contributed by atoms with van der Waals surface area (Å²) in [6, 6.07) is 0. The van der Waals surface area contributed by atoms with E-state index in [1.165, 1.54) is 6.42 Å². The summed E-state index contributed by atoms with van der Waals surface area (Å²) < 4.78 is 5.59. The Morgan fingerprint density at radius 1 is 1.56 bits per heavy atom. The second-order valence-electron chi connectivity index (χ2n) is 4.22. The second-order valence-corrected chi connectivity index (χ2v) is 4.22. The van der Waals surface area contributed by atoms with Crippen LogP contribution in [0.5, 0.6) is 0 Å². The maximum Gasteiger partial charge on any atom is 0.255 e. The van der Waals surface area contributed by atoms with Crippen molar-refractivity contribution >= 4 is 5.82 Å². The standard InChI is InChI=1S/C11H17N3O2/c1-7-10(12)13-9(14-11(7)15)6-8-4-2-3-5-16-8/h8H,2-6H2,1H3,(H3,12,13,14,15). The van der Waals surface area contributed by atoms with E-state index in [2.05, 4.69) is 9.97 Å². The van der Waals surface area contributed by atoms with Crippen molar-refractivity contribution in [2.75, 3.05) is 12.3 Å². The van der Waals surface area contributed by atoms with Crippen molar-refractivity contribution in [3.05, 3.63) is 21.7 Å². The average Bonchev–Trinajstić information content (AvgIpc) is 2.27. The summed E-state index contributed by atoms with van der Waals surface area (Å²) in [6.07, 6.45) is 4.13. The molecule has 1 saturated heterocycles. The van der Waals surface area contributed by atoms with Gasteiger partial charge >= 0.3 is 0 Å². The van der Waals surface area contributed by atoms with Gasteiger partial charge in [-0.05, 0) is 26.2 Å². The number of rotatable bonds is 2. The minimum absolute atomic E-state index is 0.154. The number of aromatic nitrogens is 2. The number of nitrogen functional groups attached to an aromatic ring is 1. The minimum Gasteiger partial charge on any atom is -0.383 e. The van der Waals surface area contributed by atoms with Gasteiger partial charge in [0.15, 0.2) is 0 Å². The highest BCUT2D eigenvalue weighted by Crippen LogP contribution is 2.15. The van der Waals surface area contributed by atoms with E-state index in [0.29, 0.717) is 23.6 Å². The van der Waals surface area contributed by atoms with Gasteiger partial charge in [-0.2, -0.15) is 0 Å². The van der Waals surface area contributed by atoms with Gasteiger partial charge < -0.3 is 15.5 Å². The van der Waals surface area contributed by atoms with Crippen molar-refractivity contribution in [3.63, 3.8) is 0 Å². The van der Waals surface area contributed by atoms with Crippen LogP contribution in [0.3, 0.4) is 0 Å². The average molecular weight is 223 g/mol. The third-order valence-electron chi connectivity index (χ3n) is 2.93.